The molecule has 0 fully saturated rings. The Labute approximate surface area is 142 Å². The normalized spacial score (nSPS) is 17.0. The summed E-state index contributed by atoms with van der Waals surface area (Å²) in [6.45, 7) is 2.42. The fourth-order valence-corrected chi connectivity index (χ4v) is 2.73. The zero-order valence-corrected chi connectivity index (χ0v) is 13.9. The average Bonchev–Trinajstić information content (AvgIpc) is 2.62. The van der Waals surface area contributed by atoms with Gasteiger partial charge in [-0.25, -0.2) is 0 Å². The van der Waals surface area contributed by atoms with Gasteiger partial charge in [0.1, 0.15) is 18.1 Å². The molecule has 1 aliphatic carbocycles. The first kappa shape index (κ1) is 16.3. The second-order valence-corrected chi connectivity index (χ2v) is 6.19. The minimum absolute atomic E-state index is 0.00869. The third-order valence-corrected chi connectivity index (χ3v) is 4.25. The van der Waals surface area contributed by atoms with Crippen molar-refractivity contribution in [2.24, 2.45) is 5.92 Å². The van der Waals surface area contributed by atoms with E-state index in [0.29, 0.717) is 6.61 Å². The summed E-state index contributed by atoms with van der Waals surface area (Å²) in [4.78, 5) is 12.1. The Hall–Kier alpha value is -2.55. The maximum absolute atomic E-state index is 12.1. The second-order valence-electron chi connectivity index (χ2n) is 6.19. The van der Waals surface area contributed by atoms with Gasteiger partial charge in [-0.05, 0) is 56.0 Å². The number of allylic oxidation sites excluding steroid dienone is 2. The lowest BCUT2D eigenvalue weighted by molar-refractivity contribution is -0.150. The van der Waals surface area contributed by atoms with E-state index in [4.69, 9.17) is 9.47 Å². The molecule has 0 amide bonds. The Kier molecular flexibility index (Phi) is 5.32. The topological polar surface area (TPSA) is 35.5 Å². The summed E-state index contributed by atoms with van der Waals surface area (Å²) in [5, 5.41) is 0. The van der Waals surface area contributed by atoms with E-state index in [1.54, 1.807) is 0 Å². The monoisotopic (exact) mass is 322 g/mol. The number of para-hydroxylation sites is 1. The Bertz CT molecular complexity index is 702. The summed E-state index contributed by atoms with van der Waals surface area (Å²) in [5.74, 6) is 1.49. The molecule has 124 valence electrons. The van der Waals surface area contributed by atoms with Gasteiger partial charge in [-0.3, -0.25) is 4.79 Å². The number of carbonyl (C=O) groups excluding carboxylic acids is 1. The Morgan fingerprint density at radius 3 is 2.42 bits per heavy atom. The molecular weight excluding hydrogens is 300 g/mol. The lowest BCUT2D eigenvalue weighted by Gasteiger charge is -2.19. The molecule has 24 heavy (non-hydrogen) atoms. The molecule has 0 heterocycles. The fourth-order valence-electron chi connectivity index (χ4n) is 2.73. The van der Waals surface area contributed by atoms with E-state index in [1.807, 2.05) is 54.6 Å². The van der Waals surface area contributed by atoms with Crippen LogP contribution in [0, 0.1) is 5.92 Å². The number of esters is 1. The van der Waals surface area contributed by atoms with Crippen molar-refractivity contribution in [3.05, 3.63) is 71.8 Å². The van der Waals surface area contributed by atoms with Gasteiger partial charge in [-0.1, -0.05) is 42.0 Å². The predicted octanol–water partition coefficient (Wildman–Crippen LogP) is 5.27. The van der Waals surface area contributed by atoms with Crippen LogP contribution in [0.4, 0.5) is 0 Å². The molecule has 0 N–H and O–H groups in total. The van der Waals surface area contributed by atoms with E-state index in [-0.39, 0.29) is 11.9 Å². The lowest BCUT2D eigenvalue weighted by atomic mass is 9.90. The summed E-state index contributed by atoms with van der Waals surface area (Å²) < 4.78 is 11.2. The zero-order valence-electron chi connectivity index (χ0n) is 13.9. The van der Waals surface area contributed by atoms with Crippen molar-refractivity contribution in [1.29, 1.82) is 0 Å². The van der Waals surface area contributed by atoms with E-state index >= 15 is 0 Å². The maximum atomic E-state index is 12.1. The van der Waals surface area contributed by atoms with Gasteiger partial charge in [0, 0.05) is 0 Å². The van der Waals surface area contributed by atoms with Gasteiger partial charge in [0.2, 0.25) is 0 Å². The average molecular weight is 322 g/mol. The number of benzene rings is 2. The maximum Gasteiger partial charge on any atom is 0.309 e. The summed E-state index contributed by atoms with van der Waals surface area (Å²) >= 11 is 0. The van der Waals surface area contributed by atoms with Crippen LogP contribution < -0.4 is 4.74 Å². The first-order valence-electron chi connectivity index (χ1n) is 8.35. The highest BCUT2D eigenvalue weighted by atomic mass is 16.5. The van der Waals surface area contributed by atoms with Gasteiger partial charge in [0.25, 0.3) is 0 Å². The Morgan fingerprint density at radius 1 is 1.04 bits per heavy atom. The van der Waals surface area contributed by atoms with Crippen molar-refractivity contribution in [2.45, 2.75) is 32.8 Å². The van der Waals surface area contributed by atoms with Gasteiger partial charge in [0.15, 0.2) is 0 Å². The summed E-state index contributed by atoms with van der Waals surface area (Å²) in [5.41, 5.74) is 2.33. The van der Waals surface area contributed by atoms with Crippen molar-refractivity contribution < 1.29 is 14.3 Å². The van der Waals surface area contributed by atoms with E-state index in [0.717, 1.165) is 36.3 Å². The van der Waals surface area contributed by atoms with Crippen LogP contribution in [0.25, 0.3) is 0 Å². The quantitative estimate of drug-likeness (QED) is 0.556. The molecule has 0 aliphatic heterocycles. The van der Waals surface area contributed by atoms with Crippen LogP contribution in [0.2, 0.25) is 0 Å². The number of rotatable bonds is 5. The highest BCUT2D eigenvalue weighted by Gasteiger charge is 2.21. The molecule has 1 atom stereocenters. The van der Waals surface area contributed by atoms with E-state index in [9.17, 15) is 4.79 Å². The number of hydrogen-bond donors (Lipinski definition) is 0. The van der Waals surface area contributed by atoms with Gasteiger partial charge in [0.05, 0.1) is 5.92 Å². The highest BCUT2D eigenvalue weighted by molar-refractivity contribution is 5.73. The molecule has 0 radical (unpaired) electrons. The first-order valence-corrected chi connectivity index (χ1v) is 8.35. The standard InChI is InChI=1S/C21H22O3/c1-16-7-11-18(12-8-16)21(22)23-15-17-9-13-20(14-10-17)24-19-5-3-2-4-6-19/h2-7,9-10,13-14,18H,8,11-12,15H2,1H3/t18-/m0/s1. The molecule has 0 spiro atoms. The van der Waals surface area contributed by atoms with Crippen LogP contribution in [-0.2, 0) is 16.1 Å². The molecule has 0 aromatic heterocycles. The molecule has 0 saturated carbocycles. The van der Waals surface area contributed by atoms with Crippen molar-refractivity contribution >= 4 is 5.97 Å². The molecule has 3 rings (SSSR count). The number of carbonyl (C=O) groups is 1. The van der Waals surface area contributed by atoms with E-state index in [2.05, 4.69) is 13.0 Å². The number of hydrogen-bond acceptors (Lipinski definition) is 3. The van der Waals surface area contributed by atoms with Crippen LogP contribution in [0.5, 0.6) is 11.5 Å². The molecular formula is C21H22O3. The summed E-state index contributed by atoms with van der Waals surface area (Å²) in [6.07, 6.45) is 4.83. The fraction of sp³-hybridized carbons (Fsp3) is 0.286. The van der Waals surface area contributed by atoms with Crippen LogP contribution in [-0.4, -0.2) is 5.97 Å². The molecule has 3 heteroatoms. The zero-order chi connectivity index (χ0) is 16.8. The van der Waals surface area contributed by atoms with Crippen LogP contribution in [0.1, 0.15) is 31.7 Å². The molecule has 3 nitrogen and oxygen atoms in total. The Morgan fingerprint density at radius 2 is 1.75 bits per heavy atom. The van der Waals surface area contributed by atoms with E-state index < -0.39 is 0 Å². The van der Waals surface area contributed by atoms with Crippen molar-refractivity contribution in [3.63, 3.8) is 0 Å². The minimum atomic E-state index is -0.0941. The van der Waals surface area contributed by atoms with Crippen LogP contribution >= 0.6 is 0 Å². The minimum Gasteiger partial charge on any atom is -0.461 e. The predicted molar refractivity (Wildman–Crippen MR) is 93.9 cm³/mol. The van der Waals surface area contributed by atoms with E-state index in [1.165, 1.54) is 5.57 Å². The summed E-state index contributed by atoms with van der Waals surface area (Å²) in [6, 6.07) is 17.3. The van der Waals surface area contributed by atoms with Gasteiger partial charge in [-0.15, -0.1) is 0 Å². The first-order chi connectivity index (χ1) is 11.7. The van der Waals surface area contributed by atoms with Crippen molar-refractivity contribution in [3.8, 4) is 11.5 Å². The smallest absolute Gasteiger partial charge is 0.309 e. The second kappa shape index (κ2) is 7.82. The lowest BCUT2D eigenvalue weighted by Crippen LogP contribution is -2.19. The number of ether oxygens (including phenoxy) is 2. The molecule has 1 aliphatic rings. The largest absolute Gasteiger partial charge is 0.461 e. The SMILES string of the molecule is CC1=CC[C@H](C(=O)OCc2ccc(Oc3ccccc3)cc2)CC1. The molecule has 0 saturated heterocycles. The van der Waals surface area contributed by atoms with Gasteiger partial charge in [-0.2, -0.15) is 0 Å². The highest BCUT2D eigenvalue weighted by Crippen LogP contribution is 2.25. The molecule has 2 aromatic rings. The van der Waals surface area contributed by atoms with Crippen LogP contribution in [0.15, 0.2) is 66.2 Å². The van der Waals surface area contributed by atoms with Crippen molar-refractivity contribution in [1.82, 2.24) is 0 Å². The third kappa shape index (κ3) is 4.48. The third-order valence-electron chi connectivity index (χ3n) is 4.25. The Balaban J connectivity index is 1.50. The van der Waals surface area contributed by atoms with Crippen LogP contribution in [0.3, 0.4) is 0 Å². The molecule has 0 bridgehead atoms. The van der Waals surface area contributed by atoms with Crippen molar-refractivity contribution in [2.75, 3.05) is 0 Å². The molecule has 2 aromatic carbocycles. The molecule has 0 unspecified atom stereocenters. The summed E-state index contributed by atoms with van der Waals surface area (Å²) in [7, 11) is 0. The van der Waals surface area contributed by atoms with Gasteiger partial charge >= 0.3 is 5.97 Å². The van der Waals surface area contributed by atoms with Gasteiger partial charge < -0.3 is 9.47 Å².